The molecule has 120 valence electrons. The lowest BCUT2D eigenvalue weighted by Crippen LogP contribution is -2.42. The van der Waals surface area contributed by atoms with Crippen molar-refractivity contribution in [2.75, 3.05) is 20.8 Å². The van der Waals surface area contributed by atoms with E-state index in [1.54, 1.807) is 0 Å². The van der Waals surface area contributed by atoms with Crippen molar-refractivity contribution in [3.05, 3.63) is 27.2 Å². The Balaban J connectivity index is 2.33. The van der Waals surface area contributed by atoms with E-state index in [1.807, 2.05) is 11.4 Å². The largest absolute Gasteiger partial charge is 0.468 e. The van der Waals surface area contributed by atoms with Gasteiger partial charge in [-0.2, -0.15) is 0 Å². The van der Waals surface area contributed by atoms with Crippen LogP contribution in [0.2, 0.25) is 0 Å². The van der Waals surface area contributed by atoms with E-state index < -0.39 is 17.4 Å². The smallest absolute Gasteiger partial charge is 0.323 e. The van der Waals surface area contributed by atoms with Gasteiger partial charge in [0, 0.05) is 13.0 Å². The highest BCUT2D eigenvalue weighted by atomic mass is 32.1. The van der Waals surface area contributed by atoms with Crippen LogP contribution in [-0.4, -0.2) is 32.7 Å². The standard InChI is InChI=1S/C16H21NO4S/c1-4-5-6-17-13-7-11-8-16(14(18)20-2,15(19)21-3)9-12(11)10-22-13/h7,10H,4-6,8-9H2,1-3H3. The summed E-state index contributed by atoms with van der Waals surface area (Å²) in [4.78, 5) is 28.9. The van der Waals surface area contributed by atoms with E-state index in [1.165, 1.54) is 25.6 Å². The van der Waals surface area contributed by atoms with Crippen molar-refractivity contribution in [1.29, 1.82) is 0 Å². The van der Waals surface area contributed by atoms with Gasteiger partial charge in [-0.3, -0.25) is 14.6 Å². The molecule has 0 saturated heterocycles. The molecule has 0 radical (unpaired) electrons. The van der Waals surface area contributed by atoms with Crippen LogP contribution >= 0.6 is 11.3 Å². The van der Waals surface area contributed by atoms with Gasteiger partial charge in [-0.25, -0.2) is 0 Å². The van der Waals surface area contributed by atoms with E-state index in [9.17, 15) is 9.59 Å². The summed E-state index contributed by atoms with van der Waals surface area (Å²) in [5, 5.41) is 1.98. The maximum Gasteiger partial charge on any atom is 0.323 e. The quantitative estimate of drug-likeness (QED) is 0.471. The first kappa shape index (κ1) is 16.7. The minimum Gasteiger partial charge on any atom is -0.468 e. The Labute approximate surface area is 134 Å². The molecule has 0 fully saturated rings. The molecule has 22 heavy (non-hydrogen) atoms. The highest BCUT2D eigenvalue weighted by Gasteiger charge is 2.52. The summed E-state index contributed by atoms with van der Waals surface area (Å²) in [5.74, 6) is -1.07. The van der Waals surface area contributed by atoms with Crippen molar-refractivity contribution in [3.63, 3.8) is 0 Å². The molecule has 1 aliphatic rings. The highest BCUT2D eigenvalue weighted by molar-refractivity contribution is 7.07. The summed E-state index contributed by atoms with van der Waals surface area (Å²) in [6.45, 7) is 2.92. The zero-order valence-electron chi connectivity index (χ0n) is 13.2. The van der Waals surface area contributed by atoms with Gasteiger partial charge in [0.05, 0.1) is 14.2 Å². The fourth-order valence-corrected chi connectivity index (χ4v) is 3.58. The molecule has 0 aliphatic heterocycles. The first-order valence-electron chi connectivity index (χ1n) is 7.35. The lowest BCUT2D eigenvalue weighted by molar-refractivity contribution is -0.168. The molecule has 1 aromatic rings. The Bertz CT molecular complexity index is 619. The minimum atomic E-state index is -1.25. The molecular weight excluding hydrogens is 302 g/mol. The molecule has 0 N–H and O–H groups in total. The molecule has 0 saturated carbocycles. The third-order valence-corrected chi connectivity index (χ3v) is 4.84. The molecule has 1 heterocycles. The zero-order chi connectivity index (χ0) is 16.2. The molecule has 5 nitrogen and oxygen atoms in total. The topological polar surface area (TPSA) is 65.0 Å². The molecule has 0 spiro atoms. The zero-order valence-corrected chi connectivity index (χ0v) is 14.0. The van der Waals surface area contributed by atoms with Crippen molar-refractivity contribution >= 4 is 23.3 Å². The molecule has 0 aromatic carbocycles. The Kier molecular flexibility index (Phi) is 5.34. The number of carbonyl (C=O) groups is 2. The first-order chi connectivity index (χ1) is 10.6. The Morgan fingerprint density at radius 3 is 2.45 bits per heavy atom. The Morgan fingerprint density at radius 2 is 1.86 bits per heavy atom. The first-order valence-corrected chi connectivity index (χ1v) is 8.23. The third kappa shape index (κ3) is 3.06. The summed E-state index contributed by atoms with van der Waals surface area (Å²) in [6.07, 6.45) is 2.80. The van der Waals surface area contributed by atoms with Gasteiger partial charge in [0.1, 0.15) is 4.67 Å². The number of methoxy groups -OCH3 is 2. The van der Waals surface area contributed by atoms with Crippen molar-refractivity contribution in [2.24, 2.45) is 10.4 Å². The van der Waals surface area contributed by atoms with Crippen molar-refractivity contribution in [1.82, 2.24) is 0 Å². The molecule has 0 atom stereocenters. The van der Waals surface area contributed by atoms with Gasteiger partial charge in [-0.1, -0.05) is 13.3 Å². The molecule has 0 amide bonds. The minimum absolute atomic E-state index is 0.311. The van der Waals surface area contributed by atoms with Crippen LogP contribution in [0.25, 0.3) is 0 Å². The van der Waals surface area contributed by atoms with E-state index in [0.717, 1.165) is 35.2 Å². The van der Waals surface area contributed by atoms with E-state index in [-0.39, 0.29) is 0 Å². The number of unbranched alkanes of at least 4 members (excludes halogenated alkanes) is 1. The average molecular weight is 323 g/mol. The van der Waals surface area contributed by atoms with Crippen LogP contribution in [0.15, 0.2) is 16.4 Å². The molecule has 1 aromatic heterocycles. The normalized spacial score (nSPS) is 16.2. The predicted molar refractivity (Wildman–Crippen MR) is 83.5 cm³/mol. The van der Waals surface area contributed by atoms with Crippen LogP contribution in [0.3, 0.4) is 0 Å². The van der Waals surface area contributed by atoms with Gasteiger partial charge >= 0.3 is 11.9 Å². The lowest BCUT2D eigenvalue weighted by atomic mass is 9.85. The monoisotopic (exact) mass is 323 g/mol. The number of rotatable bonds is 5. The van der Waals surface area contributed by atoms with Gasteiger partial charge in [0.25, 0.3) is 0 Å². The molecule has 1 aliphatic carbocycles. The van der Waals surface area contributed by atoms with Crippen molar-refractivity contribution < 1.29 is 19.1 Å². The second kappa shape index (κ2) is 7.05. The molecule has 2 rings (SSSR count). The Hall–Kier alpha value is -1.69. The van der Waals surface area contributed by atoms with E-state index in [4.69, 9.17) is 9.47 Å². The van der Waals surface area contributed by atoms with Crippen LogP contribution in [0, 0.1) is 5.41 Å². The predicted octanol–water partition coefficient (Wildman–Crippen LogP) is 1.88. The molecule has 6 heteroatoms. The van der Waals surface area contributed by atoms with E-state index in [2.05, 4.69) is 11.9 Å². The summed E-state index contributed by atoms with van der Waals surface area (Å²) in [5.41, 5.74) is 0.723. The summed E-state index contributed by atoms with van der Waals surface area (Å²) >= 11 is 1.54. The summed E-state index contributed by atoms with van der Waals surface area (Å²) < 4.78 is 10.6. The fraction of sp³-hybridized carbons (Fsp3) is 0.562. The maximum atomic E-state index is 12.2. The van der Waals surface area contributed by atoms with E-state index >= 15 is 0 Å². The third-order valence-electron chi connectivity index (χ3n) is 3.95. The van der Waals surface area contributed by atoms with Gasteiger partial charge in [-0.15, -0.1) is 11.3 Å². The SMILES string of the molecule is CCCCN=c1cc2c(cs1)CC(C(=O)OC)(C(=O)OC)C2. The number of hydrogen-bond donors (Lipinski definition) is 0. The van der Waals surface area contributed by atoms with Gasteiger partial charge in [0.15, 0.2) is 5.41 Å². The van der Waals surface area contributed by atoms with Crippen molar-refractivity contribution in [2.45, 2.75) is 32.6 Å². The number of fused-ring (bicyclic) bond motifs is 1. The molecule has 0 unspecified atom stereocenters. The number of carbonyl (C=O) groups excluding carboxylic acids is 2. The van der Waals surface area contributed by atoms with Gasteiger partial charge < -0.3 is 9.47 Å². The maximum absolute atomic E-state index is 12.2. The average Bonchev–Trinajstić information content (AvgIpc) is 2.93. The summed E-state index contributed by atoms with van der Waals surface area (Å²) in [7, 11) is 2.59. The number of ether oxygens (including phenoxy) is 2. The lowest BCUT2D eigenvalue weighted by Gasteiger charge is -2.22. The number of hydrogen-bond acceptors (Lipinski definition) is 6. The van der Waals surface area contributed by atoms with Crippen LogP contribution in [0.1, 0.15) is 30.9 Å². The number of nitrogens with zero attached hydrogens (tertiary/aromatic N) is 1. The highest BCUT2D eigenvalue weighted by Crippen LogP contribution is 2.39. The fourth-order valence-electron chi connectivity index (χ4n) is 2.71. The molecule has 0 bridgehead atoms. The van der Waals surface area contributed by atoms with Crippen LogP contribution in [0.5, 0.6) is 0 Å². The second-order valence-electron chi connectivity index (χ2n) is 5.42. The second-order valence-corrected chi connectivity index (χ2v) is 6.31. The number of esters is 2. The van der Waals surface area contributed by atoms with Gasteiger partial charge in [0.2, 0.25) is 0 Å². The van der Waals surface area contributed by atoms with Crippen molar-refractivity contribution in [3.8, 4) is 0 Å². The Morgan fingerprint density at radius 1 is 1.23 bits per heavy atom. The van der Waals surface area contributed by atoms with Crippen LogP contribution < -0.4 is 4.67 Å². The van der Waals surface area contributed by atoms with E-state index in [0.29, 0.717) is 12.8 Å². The van der Waals surface area contributed by atoms with Gasteiger partial charge in [-0.05, 0) is 35.4 Å². The van der Waals surface area contributed by atoms with Crippen LogP contribution in [-0.2, 0) is 31.9 Å². The molecular formula is C16H21NO4S. The summed E-state index contributed by atoms with van der Waals surface area (Å²) in [6, 6.07) is 1.98. The van der Waals surface area contributed by atoms with Crippen LogP contribution in [0.4, 0.5) is 0 Å².